The van der Waals surface area contributed by atoms with E-state index in [1.54, 1.807) is 0 Å². The molecule has 0 saturated carbocycles. The minimum absolute atomic E-state index is 0.108. The number of rotatable bonds is 5. The Kier molecular flexibility index (Phi) is 5.51. The van der Waals surface area contributed by atoms with Crippen molar-refractivity contribution in [3.05, 3.63) is 58.0 Å². The number of carbonyl (C=O) groups is 2. The highest BCUT2D eigenvalue weighted by molar-refractivity contribution is 7.11. The summed E-state index contributed by atoms with van der Waals surface area (Å²) in [5, 5.41) is 4.22. The summed E-state index contributed by atoms with van der Waals surface area (Å²) in [5.74, 6) is -1.87. The first kappa shape index (κ1) is 20.0. The van der Waals surface area contributed by atoms with Crippen LogP contribution in [0.1, 0.15) is 32.1 Å². The molecule has 2 amide bonds. The zero-order chi connectivity index (χ0) is 20.5. The van der Waals surface area contributed by atoms with Gasteiger partial charge in [0.05, 0.1) is 11.3 Å². The smallest absolute Gasteiger partial charge is 0.262 e. The average molecular weight is 406 g/mol. The van der Waals surface area contributed by atoms with Crippen LogP contribution in [-0.2, 0) is 14.3 Å². The van der Waals surface area contributed by atoms with Gasteiger partial charge in [0.2, 0.25) is 5.91 Å². The van der Waals surface area contributed by atoms with E-state index in [2.05, 4.69) is 5.32 Å². The summed E-state index contributed by atoms with van der Waals surface area (Å²) in [6, 6.07) is 6.43. The highest BCUT2D eigenvalue weighted by atomic mass is 32.1. The van der Waals surface area contributed by atoms with Crippen LogP contribution >= 0.6 is 11.3 Å². The van der Waals surface area contributed by atoms with Crippen LogP contribution in [0.3, 0.4) is 0 Å². The standard InChI is InChI=1S/C20H20F2N2O3S/c1-4-15-17(16-6-5-9-28-16)18(25)24(11-27-15)20(2,3)19(26)23-14-10-12(21)7-8-13(14)22/h5-10H,4,11H2,1-3H3,(H,23,26). The van der Waals surface area contributed by atoms with Crippen LogP contribution in [0.4, 0.5) is 14.5 Å². The van der Waals surface area contributed by atoms with Crippen molar-refractivity contribution in [2.75, 3.05) is 12.0 Å². The number of nitrogens with zero attached hydrogens (tertiary/aromatic N) is 1. The molecular weight excluding hydrogens is 386 g/mol. The lowest BCUT2D eigenvalue weighted by atomic mass is 9.98. The van der Waals surface area contributed by atoms with Crippen LogP contribution in [0, 0.1) is 11.6 Å². The van der Waals surface area contributed by atoms with E-state index in [0.29, 0.717) is 17.8 Å². The van der Waals surface area contributed by atoms with Crippen molar-refractivity contribution in [2.24, 2.45) is 0 Å². The highest BCUT2D eigenvalue weighted by Crippen LogP contribution is 2.34. The van der Waals surface area contributed by atoms with Crippen molar-refractivity contribution in [1.29, 1.82) is 0 Å². The number of benzene rings is 1. The van der Waals surface area contributed by atoms with Gasteiger partial charge in [-0.3, -0.25) is 14.5 Å². The molecule has 0 spiro atoms. The van der Waals surface area contributed by atoms with Crippen LogP contribution in [0.2, 0.25) is 0 Å². The van der Waals surface area contributed by atoms with Crippen molar-refractivity contribution in [3.63, 3.8) is 0 Å². The number of hydrogen-bond acceptors (Lipinski definition) is 4. The molecule has 2 heterocycles. The lowest BCUT2D eigenvalue weighted by Crippen LogP contribution is -2.57. The summed E-state index contributed by atoms with van der Waals surface area (Å²) in [6.45, 7) is 4.84. The monoisotopic (exact) mass is 406 g/mol. The van der Waals surface area contributed by atoms with Gasteiger partial charge in [0, 0.05) is 17.4 Å². The molecule has 0 atom stereocenters. The fourth-order valence-electron chi connectivity index (χ4n) is 2.88. The Balaban J connectivity index is 1.89. The van der Waals surface area contributed by atoms with E-state index in [1.807, 2.05) is 24.4 Å². The van der Waals surface area contributed by atoms with Gasteiger partial charge >= 0.3 is 0 Å². The van der Waals surface area contributed by atoms with E-state index >= 15 is 0 Å². The van der Waals surface area contributed by atoms with Gasteiger partial charge in [-0.05, 0) is 37.4 Å². The number of ether oxygens (including phenoxy) is 1. The number of nitrogens with one attached hydrogen (secondary N) is 1. The summed E-state index contributed by atoms with van der Waals surface area (Å²) < 4.78 is 33.0. The molecule has 2 aromatic rings. The number of carbonyl (C=O) groups excluding carboxylic acids is 2. The van der Waals surface area contributed by atoms with Crippen LogP contribution in [-0.4, -0.2) is 29.0 Å². The number of thiophene rings is 1. The van der Waals surface area contributed by atoms with Crippen molar-refractivity contribution in [1.82, 2.24) is 4.90 Å². The van der Waals surface area contributed by atoms with Gasteiger partial charge < -0.3 is 10.1 Å². The Morgan fingerprint density at radius 1 is 1.32 bits per heavy atom. The Bertz CT molecular complexity index is 939. The molecule has 1 aromatic heterocycles. The second kappa shape index (κ2) is 7.71. The minimum atomic E-state index is -1.36. The third-order valence-corrected chi connectivity index (χ3v) is 5.49. The van der Waals surface area contributed by atoms with Gasteiger partial charge in [0.25, 0.3) is 5.91 Å². The lowest BCUT2D eigenvalue weighted by molar-refractivity contribution is -0.147. The molecule has 1 N–H and O–H groups in total. The second-order valence-electron chi connectivity index (χ2n) is 6.77. The summed E-state index contributed by atoms with van der Waals surface area (Å²) >= 11 is 1.40. The van der Waals surface area contributed by atoms with Crippen molar-refractivity contribution in [2.45, 2.75) is 32.7 Å². The largest absolute Gasteiger partial charge is 0.476 e. The zero-order valence-electron chi connectivity index (χ0n) is 15.7. The first-order valence-electron chi connectivity index (χ1n) is 8.74. The summed E-state index contributed by atoms with van der Waals surface area (Å²) in [6.07, 6.45) is 0.536. The predicted octanol–water partition coefficient (Wildman–Crippen LogP) is 4.38. The number of hydrogen-bond donors (Lipinski definition) is 1. The van der Waals surface area contributed by atoms with Gasteiger partial charge in [-0.25, -0.2) is 8.78 Å². The minimum Gasteiger partial charge on any atom is -0.476 e. The fourth-order valence-corrected chi connectivity index (χ4v) is 3.66. The normalized spacial score (nSPS) is 14.9. The molecule has 148 valence electrons. The quantitative estimate of drug-likeness (QED) is 0.802. The zero-order valence-corrected chi connectivity index (χ0v) is 16.5. The molecule has 3 rings (SSSR count). The first-order chi connectivity index (χ1) is 13.3. The number of amides is 2. The Morgan fingerprint density at radius 2 is 2.07 bits per heavy atom. The van der Waals surface area contributed by atoms with Gasteiger partial charge in [0.1, 0.15) is 22.9 Å². The maximum atomic E-state index is 13.9. The fraction of sp³-hybridized carbons (Fsp3) is 0.300. The van der Waals surface area contributed by atoms with Crippen LogP contribution in [0.25, 0.3) is 5.57 Å². The van der Waals surface area contributed by atoms with Crippen molar-refractivity contribution in [3.8, 4) is 0 Å². The molecule has 5 nitrogen and oxygen atoms in total. The maximum absolute atomic E-state index is 13.9. The van der Waals surface area contributed by atoms with Crippen molar-refractivity contribution >= 4 is 34.4 Å². The highest BCUT2D eigenvalue weighted by Gasteiger charge is 2.43. The molecule has 0 radical (unpaired) electrons. The second-order valence-corrected chi connectivity index (χ2v) is 7.72. The number of anilines is 1. The topological polar surface area (TPSA) is 58.6 Å². The summed E-state index contributed by atoms with van der Waals surface area (Å²) in [4.78, 5) is 28.1. The van der Waals surface area contributed by atoms with Crippen LogP contribution in [0.15, 0.2) is 41.5 Å². The molecule has 0 bridgehead atoms. The number of halogens is 2. The number of allylic oxidation sites excluding steroid dienone is 1. The molecule has 0 unspecified atom stereocenters. The Hall–Kier alpha value is -2.74. The molecule has 1 aliphatic rings. The van der Waals surface area contributed by atoms with E-state index in [-0.39, 0.29) is 18.3 Å². The maximum Gasteiger partial charge on any atom is 0.262 e. The van der Waals surface area contributed by atoms with Gasteiger partial charge in [-0.1, -0.05) is 13.0 Å². The van der Waals surface area contributed by atoms with Crippen LogP contribution in [0.5, 0.6) is 0 Å². The third kappa shape index (κ3) is 3.64. The molecule has 1 aliphatic heterocycles. The van der Waals surface area contributed by atoms with Crippen molar-refractivity contribution < 1.29 is 23.1 Å². The average Bonchev–Trinajstić information content (AvgIpc) is 3.18. The van der Waals surface area contributed by atoms with Gasteiger partial charge in [-0.2, -0.15) is 0 Å². The molecule has 0 aliphatic carbocycles. The molecule has 8 heteroatoms. The molecule has 0 fully saturated rings. The lowest BCUT2D eigenvalue weighted by Gasteiger charge is -2.40. The van der Waals surface area contributed by atoms with E-state index in [9.17, 15) is 18.4 Å². The van der Waals surface area contributed by atoms with E-state index in [4.69, 9.17) is 4.74 Å². The Labute approximate surface area is 165 Å². The first-order valence-corrected chi connectivity index (χ1v) is 9.62. The summed E-state index contributed by atoms with van der Waals surface area (Å²) in [7, 11) is 0. The van der Waals surface area contributed by atoms with Gasteiger partial charge in [0.15, 0.2) is 6.73 Å². The van der Waals surface area contributed by atoms with Gasteiger partial charge in [-0.15, -0.1) is 11.3 Å². The third-order valence-electron chi connectivity index (χ3n) is 4.60. The van der Waals surface area contributed by atoms with E-state index < -0.39 is 23.1 Å². The predicted molar refractivity (Wildman–Crippen MR) is 103 cm³/mol. The SMILES string of the molecule is CCC1=C(c2cccs2)C(=O)N(C(C)(C)C(=O)Nc2cc(F)ccc2F)CO1. The van der Waals surface area contributed by atoms with E-state index in [0.717, 1.165) is 23.1 Å². The summed E-state index contributed by atoms with van der Waals surface area (Å²) in [5.41, 5.74) is -1.23. The molecule has 28 heavy (non-hydrogen) atoms. The molecule has 1 aromatic carbocycles. The van der Waals surface area contributed by atoms with E-state index in [1.165, 1.54) is 30.1 Å². The Morgan fingerprint density at radius 3 is 2.71 bits per heavy atom. The van der Waals surface area contributed by atoms with Crippen LogP contribution < -0.4 is 5.32 Å². The molecular formula is C20H20F2N2O3S. The molecule has 0 saturated heterocycles.